The molecule has 0 bridgehead atoms. The van der Waals surface area contributed by atoms with Gasteiger partial charge in [-0.1, -0.05) is 36.4 Å². The molecule has 0 saturated carbocycles. The summed E-state index contributed by atoms with van der Waals surface area (Å²) in [4.78, 5) is 16.3. The molecular formula is C20H22N2O2. The van der Waals surface area contributed by atoms with Crippen LogP contribution in [0.15, 0.2) is 54.7 Å². The van der Waals surface area contributed by atoms with Gasteiger partial charge in [0, 0.05) is 12.5 Å². The standard InChI is InChI=1S/C20H22N2O2/c23-18-11-12-19(21-14-18)16-7-9-17(10-8-16)22-20(24)13-6-15-4-2-1-3-5-15/h1-5,7,11-12,14,17,23H,6,8-10,13H2,(H,22,24). The molecule has 1 amide bonds. The summed E-state index contributed by atoms with van der Waals surface area (Å²) in [6, 6.07) is 13.8. The molecule has 1 heterocycles. The van der Waals surface area contributed by atoms with Gasteiger partial charge in [-0.2, -0.15) is 0 Å². The van der Waals surface area contributed by atoms with Gasteiger partial charge in [0.2, 0.25) is 5.91 Å². The first-order valence-corrected chi connectivity index (χ1v) is 8.38. The number of nitrogens with zero attached hydrogens (tertiary/aromatic N) is 1. The van der Waals surface area contributed by atoms with Gasteiger partial charge in [-0.25, -0.2) is 0 Å². The van der Waals surface area contributed by atoms with Crippen molar-refractivity contribution in [2.24, 2.45) is 0 Å². The van der Waals surface area contributed by atoms with Crippen LogP contribution in [-0.2, 0) is 11.2 Å². The molecule has 1 aromatic carbocycles. The molecule has 0 fully saturated rings. The smallest absolute Gasteiger partial charge is 0.220 e. The molecule has 0 aliphatic heterocycles. The summed E-state index contributed by atoms with van der Waals surface area (Å²) in [6.07, 6.45) is 7.55. The maximum atomic E-state index is 12.1. The van der Waals surface area contributed by atoms with Crippen molar-refractivity contribution in [3.63, 3.8) is 0 Å². The highest BCUT2D eigenvalue weighted by molar-refractivity contribution is 5.76. The van der Waals surface area contributed by atoms with E-state index in [-0.39, 0.29) is 17.7 Å². The van der Waals surface area contributed by atoms with Crippen molar-refractivity contribution in [1.82, 2.24) is 10.3 Å². The number of hydrogen-bond donors (Lipinski definition) is 2. The number of aromatic nitrogens is 1. The first-order valence-electron chi connectivity index (χ1n) is 8.38. The third-order valence-electron chi connectivity index (χ3n) is 4.34. The van der Waals surface area contributed by atoms with E-state index in [2.05, 4.69) is 16.4 Å². The Bertz CT molecular complexity index is 708. The maximum absolute atomic E-state index is 12.1. The predicted octanol–water partition coefficient (Wildman–Crippen LogP) is 3.47. The van der Waals surface area contributed by atoms with E-state index in [9.17, 15) is 9.90 Å². The van der Waals surface area contributed by atoms with Crippen LogP contribution in [0.1, 0.15) is 36.9 Å². The van der Waals surface area contributed by atoms with Gasteiger partial charge >= 0.3 is 0 Å². The predicted molar refractivity (Wildman–Crippen MR) is 94.4 cm³/mol. The highest BCUT2D eigenvalue weighted by atomic mass is 16.3. The molecule has 24 heavy (non-hydrogen) atoms. The summed E-state index contributed by atoms with van der Waals surface area (Å²) in [7, 11) is 0. The van der Waals surface area contributed by atoms with E-state index in [0.717, 1.165) is 31.4 Å². The van der Waals surface area contributed by atoms with Crippen LogP contribution in [0.25, 0.3) is 5.57 Å². The lowest BCUT2D eigenvalue weighted by Gasteiger charge is -2.23. The lowest BCUT2D eigenvalue weighted by molar-refractivity contribution is -0.121. The van der Waals surface area contributed by atoms with Gasteiger partial charge in [-0.15, -0.1) is 0 Å². The molecule has 124 valence electrons. The Morgan fingerprint density at radius 3 is 2.71 bits per heavy atom. The van der Waals surface area contributed by atoms with E-state index in [1.165, 1.54) is 17.3 Å². The van der Waals surface area contributed by atoms with Gasteiger partial charge in [0.1, 0.15) is 5.75 Å². The minimum Gasteiger partial charge on any atom is -0.506 e. The number of carbonyl (C=O) groups excluding carboxylic acids is 1. The Balaban J connectivity index is 1.47. The van der Waals surface area contributed by atoms with Crippen LogP contribution in [0.5, 0.6) is 5.75 Å². The van der Waals surface area contributed by atoms with Crippen LogP contribution in [0, 0.1) is 0 Å². The average molecular weight is 322 g/mol. The number of benzene rings is 1. The van der Waals surface area contributed by atoms with E-state index in [1.807, 2.05) is 36.4 Å². The van der Waals surface area contributed by atoms with Crippen LogP contribution in [-0.4, -0.2) is 22.0 Å². The van der Waals surface area contributed by atoms with Crippen molar-refractivity contribution in [3.05, 3.63) is 66.0 Å². The molecule has 4 nitrogen and oxygen atoms in total. The number of allylic oxidation sites excluding steroid dienone is 1. The van der Waals surface area contributed by atoms with Gasteiger partial charge < -0.3 is 10.4 Å². The molecule has 0 saturated heterocycles. The van der Waals surface area contributed by atoms with E-state index < -0.39 is 0 Å². The Kier molecular flexibility index (Phi) is 5.26. The van der Waals surface area contributed by atoms with Crippen LogP contribution in [0.4, 0.5) is 0 Å². The zero-order valence-corrected chi connectivity index (χ0v) is 13.6. The molecule has 0 spiro atoms. The summed E-state index contributed by atoms with van der Waals surface area (Å²) in [5.74, 6) is 0.294. The quantitative estimate of drug-likeness (QED) is 0.886. The molecule has 3 rings (SSSR count). The van der Waals surface area contributed by atoms with Crippen molar-refractivity contribution in [3.8, 4) is 5.75 Å². The largest absolute Gasteiger partial charge is 0.506 e. The Hall–Kier alpha value is -2.62. The molecule has 2 N–H and O–H groups in total. The molecule has 1 aliphatic rings. The number of pyridine rings is 1. The topological polar surface area (TPSA) is 62.2 Å². The number of aromatic hydroxyl groups is 1. The van der Waals surface area contributed by atoms with E-state index >= 15 is 0 Å². The highest BCUT2D eigenvalue weighted by Crippen LogP contribution is 2.26. The van der Waals surface area contributed by atoms with E-state index in [0.29, 0.717) is 6.42 Å². The van der Waals surface area contributed by atoms with Crippen molar-refractivity contribution in [1.29, 1.82) is 0 Å². The zero-order chi connectivity index (χ0) is 16.8. The molecular weight excluding hydrogens is 300 g/mol. The van der Waals surface area contributed by atoms with E-state index in [4.69, 9.17) is 0 Å². The minimum atomic E-state index is 0.114. The van der Waals surface area contributed by atoms with Gasteiger partial charge in [0.05, 0.1) is 11.9 Å². The second kappa shape index (κ2) is 7.77. The van der Waals surface area contributed by atoms with Crippen LogP contribution in [0.3, 0.4) is 0 Å². The number of carbonyl (C=O) groups is 1. The Labute approximate surface area is 142 Å². The molecule has 1 atom stereocenters. The first kappa shape index (κ1) is 16.2. The fraction of sp³-hybridized carbons (Fsp3) is 0.300. The van der Waals surface area contributed by atoms with Gasteiger partial charge in [-0.3, -0.25) is 9.78 Å². The third kappa shape index (κ3) is 4.44. The number of hydrogen-bond acceptors (Lipinski definition) is 3. The third-order valence-corrected chi connectivity index (χ3v) is 4.34. The number of nitrogens with one attached hydrogen (secondary N) is 1. The second-order valence-corrected chi connectivity index (χ2v) is 6.16. The lowest BCUT2D eigenvalue weighted by atomic mass is 9.93. The monoisotopic (exact) mass is 322 g/mol. The van der Waals surface area contributed by atoms with Crippen LogP contribution >= 0.6 is 0 Å². The molecule has 1 aliphatic carbocycles. The Morgan fingerprint density at radius 2 is 2.04 bits per heavy atom. The minimum absolute atomic E-state index is 0.114. The molecule has 1 aromatic heterocycles. The summed E-state index contributed by atoms with van der Waals surface area (Å²) in [6.45, 7) is 0. The van der Waals surface area contributed by atoms with Crippen molar-refractivity contribution in [2.45, 2.75) is 38.1 Å². The Morgan fingerprint density at radius 1 is 1.21 bits per heavy atom. The lowest BCUT2D eigenvalue weighted by Crippen LogP contribution is -2.35. The highest BCUT2D eigenvalue weighted by Gasteiger charge is 2.17. The van der Waals surface area contributed by atoms with Crippen LogP contribution < -0.4 is 5.32 Å². The number of amides is 1. The second-order valence-electron chi connectivity index (χ2n) is 6.16. The summed E-state index contributed by atoms with van der Waals surface area (Å²) in [5, 5.41) is 12.4. The number of rotatable bonds is 5. The summed E-state index contributed by atoms with van der Waals surface area (Å²) < 4.78 is 0. The normalized spacial score (nSPS) is 17.2. The fourth-order valence-electron chi connectivity index (χ4n) is 2.98. The van der Waals surface area contributed by atoms with Gasteiger partial charge in [0.25, 0.3) is 0 Å². The number of aryl methyl sites for hydroxylation is 1. The molecule has 0 radical (unpaired) electrons. The zero-order valence-electron chi connectivity index (χ0n) is 13.6. The molecule has 1 unspecified atom stereocenters. The van der Waals surface area contributed by atoms with Gasteiger partial charge in [-0.05, 0) is 49.0 Å². The van der Waals surface area contributed by atoms with Gasteiger partial charge in [0.15, 0.2) is 0 Å². The van der Waals surface area contributed by atoms with Crippen molar-refractivity contribution in [2.75, 3.05) is 0 Å². The SMILES string of the molecule is O=C(CCc1ccccc1)NC1CC=C(c2ccc(O)cn2)CC1. The molecule has 4 heteroatoms. The molecule has 2 aromatic rings. The van der Waals surface area contributed by atoms with Crippen molar-refractivity contribution < 1.29 is 9.90 Å². The fourth-order valence-corrected chi connectivity index (χ4v) is 2.98. The summed E-state index contributed by atoms with van der Waals surface area (Å²) in [5.41, 5.74) is 3.28. The first-order chi connectivity index (χ1) is 11.7. The van der Waals surface area contributed by atoms with E-state index in [1.54, 1.807) is 6.07 Å². The average Bonchev–Trinajstić information content (AvgIpc) is 2.62. The summed E-state index contributed by atoms with van der Waals surface area (Å²) >= 11 is 0. The maximum Gasteiger partial charge on any atom is 0.220 e. The van der Waals surface area contributed by atoms with Crippen LogP contribution in [0.2, 0.25) is 0 Å². The van der Waals surface area contributed by atoms with Crippen molar-refractivity contribution >= 4 is 11.5 Å².